The van der Waals surface area contributed by atoms with E-state index in [1.54, 1.807) is 6.92 Å². The molecule has 0 radical (unpaired) electrons. The number of hydrogen-bond donors (Lipinski definition) is 4. The van der Waals surface area contributed by atoms with Crippen molar-refractivity contribution < 1.29 is 19.5 Å². The quantitative estimate of drug-likeness (QED) is 0.583. The second kappa shape index (κ2) is 8.20. The first-order chi connectivity index (χ1) is 9.93. The van der Waals surface area contributed by atoms with Crippen molar-refractivity contribution in [1.82, 2.24) is 20.9 Å². The Hall–Kier alpha value is -2.16. The standard InChI is InChI=1S/C12H18N4O4S/c1-3-4-13-8(17)5-14-12(20)15-6-9-16-7(2)10(21-9)11(18)19/h3-6H2,1-2H3,(H,13,17)(H,18,19)(H2,14,15,20). The molecule has 0 saturated carbocycles. The highest BCUT2D eigenvalue weighted by atomic mass is 32.1. The van der Waals surface area contributed by atoms with Crippen molar-refractivity contribution in [2.75, 3.05) is 13.1 Å². The molecule has 0 atom stereocenters. The number of carboxylic acid groups (broad SMARTS) is 1. The van der Waals surface area contributed by atoms with Crippen molar-refractivity contribution in [2.45, 2.75) is 26.8 Å². The molecule has 1 aromatic rings. The number of carbonyl (C=O) groups excluding carboxylic acids is 2. The number of urea groups is 1. The summed E-state index contributed by atoms with van der Waals surface area (Å²) in [6, 6.07) is -0.508. The molecule has 0 aromatic carbocycles. The molecule has 0 bridgehead atoms. The van der Waals surface area contributed by atoms with Crippen LogP contribution in [-0.4, -0.2) is 41.1 Å². The third-order valence-electron chi connectivity index (χ3n) is 2.42. The van der Waals surface area contributed by atoms with E-state index in [1.165, 1.54) is 0 Å². The lowest BCUT2D eigenvalue weighted by Gasteiger charge is -2.06. The fourth-order valence-electron chi connectivity index (χ4n) is 1.43. The molecule has 0 spiro atoms. The van der Waals surface area contributed by atoms with E-state index in [0.717, 1.165) is 17.8 Å². The number of carboxylic acids is 1. The minimum atomic E-state index is -1.03. The molecule has 0 aliphatic heterocycles. The molecule has 0 aliphatic carbocycles. The Morgan fingerprint density at radius 2 is 1.95 bits per heavy atom. The Labute approximate surface area is 126 Å². The van der Waals surface area contributed by atoms with Crippen molar-refractivity contribution in [2.24, 2.45) is 0 Å². The van der Waals surface area contributed by atoms with Gasteiger partial charge in [0.25, 0.3) is 0 Å². The zero-order valence-corrected chi connectivity index (χ0v) is 12.7. The lowest BCUT2D eigenvalue weighted by molar-refractivity contribution is -0.120. The molecule has 9 heteroatoms. The second-order valence-electron chi connectivity index (χ2n) is 4.21. The second-order valence-corrected chi connectivity index (χ2v) is 5.30. The summed E-state index contributed by atoms with van der Waals surface area (Å²) >= 11 is 1.01. The molecule has 0 unspecified atom stereocenters. The van der Waals surface area contributed by atoms with Crippen LogP contribution < -0.4 is 16.0 Å². The Morgan fingerprint density at radius 3 is 2.52 bits per heavy atom. The molecule has 21 heavy (non-hydrogen) atoms. The van der Waals surface area contributed by atoms with Gasteiger partial charge in [-0.2, -0.15) is 0 Å². The summed E-state index contributed by atoms with van der Waals surface area (Å²) in [4.78, 5) is 37.8. The van der Waals surface area contributed by atoms with E-state index in [-0.39, 0.29) is 23.9 Å². The van der Waals surface area contributed by atoms with Crippen molar-refractivity contribution in [3.63, 3.8) is 0 Å². The first kappa shape index (κ1) is 16.9. The number of carbonyl (C=O) groups is 3. The maximum atomic E-state index is 11.5. The van der Waals surface area contributed by atoms with Crippen LogP contribution >= 0.6 is 11.3 Å². The lowest BCUT2D eigenvalue weighted by Crippen LogP contribution is -2.41. The maximum absolute atomic E-state index is 11.5. The van der Waals surface area contributed by atoms with Crippen LogP contribution in [0.25, 0.3) is 0 Å². The summed E-state index contributed by atoms with van der Waals surface area (Å²) in [6.07, 6.45) is 0.827. The monoisotopic (exact) mass is 314 g/mol. The zero-order valence-electron chi connectivity index (χ0n) is 11.9. The summed E-state index contributed by atoms with van der Waals surface area (Å²) in [5.41, 5.74) is 0.420. The molecule has 4 N–H and O–H groups in total. The minimum Gasteiger partial charge on any atom is -0.477 e. The van der Waals surface area contributed by atoms with Crippen LogP contribution in [-0.2, 0) is 11.3 Å². The Kier molecular flexibility index (Phi) is 6.60. The molecule has 0 saturated heterocycles. The summed E-state index contributed by atoms with van der Waals surface area (Å²) in [5, 5.41) is 16.9. The van der Waals surface area contributed by atoms with E-state index in [1.807, 2.05) is 6.92 Å². The summed E-state index contributed by atoms with van der Waals surface area (Å²) in [6.45, 7) is 4.10. The first-order valence-electron chi connectivity index (χ1n) is 6.42. The molecular formula is C12H18N4O4S. The van der Waals surface area contributed by atoms with Crippen molar-refractivity contribution in [3.8, 4) is 0 Å². The van der Waals surface area contributed by atoms with Crippen molar-refractivity contribution in [3.05, 3.63) is 15.6 Å². The average molecular weight is 314 g/mol. The number of thiazole rings is 1. The van der Waals surface area contributed by atoms with Gasteiger partial charge >= 0.3 is 12.0 Å². The topological polar surface area (TPSA) is 120 Å². The molecular weight excluding hydrogens is 296 g/mol. The maximum Gasteiger partial charge on any atom is 0.347 e. The minimum absolute atomic E-state index is 0.108. The van der Waals surface area contributed by atoms with Gasteiger partial charge in [0.05, 0.1) is 18.8 Å². The highest BCUT2D eigenvalue weighted by molar-refractivity contribution is 7.13. The van der Waals surface area contributed by atoms with Gasteiger partial charge < -0.3 is 21.1 Å². The fraction of sp³-hybridized carbons (Fsp3) is 0.500. The predicted octanol–water partition coefficient (Wildman–Crippen LogP) is 0.475. The van der Waals surface area contributed by atoms with E-state index < -0.39 is 12.0 Å². The van der Waals surface area contributed by atoms with Crippen LogP contribution in [0.3, 0.4) is 0 Å². The number of amides is 3. The highest BCUT2D eigenvalue weighted by Gasteiger charge is 2.14. The van der Waals surface area contributed by atoms with Gasteiger partial charge in [0.2, 0.25) is 5.91 Å². The largest absolute Gasteiger partial charge is 0.477 e. The lowest BCUT2D eigenvalue weighted by atomic mass is 10.4. The van der Waals surface area contributed by atoms with Gasteiger partial charge in [0.15, 0.2) is 0 Å². The molecule has 0 aliphatic rings. The highest BCUT2D eigenvalue weighted by Crippen LogP contribution is 2.17. The summed E-state index contributed by atoms with van der Waals surface area (Å²) in [7, 11) is 0. The number of nitrogens with zero attached hydrogens (tertiary/aromatic N) is 1. The molecule has 0 fully saturated rings. The van der Waals surface area contributed by atoms with Crippen LogP contribution in [0.15, 0.2) is 0 Å². The number of rotatable bonds is 7. The number of hydrogen-bond acceptors (Lipinski definition) is 5. The Bertz CT molecular complexity index is 529. The molecule has 1 rings (SSSR count). The van der Waals surface area contributed by atoms with E-state index in [2.05, 4.69) is 20.9 Å². The SMILES string of the molecule is CCCNC(=O)CNC(=O)NCc1nc(C)c(C(=O)O)s1. The molecule has 3 amide bonds. The van der Waals surface area contributed by atoms with Gasteiger partial charge in [0, 0.05) is 6.54 Å². The van der Waals surface area contributed by atoms with E-state index in [0.29, 0.717) is 17.2 Å². The predicted molar refractivity (Wildman–Crippen MR) is 77.3 cm³/mol. The number of aromatic carboxylic acids is 1. The van der Waals surface area contributed by atoms with Crippen LogP contribution in [0, 0.1) is 6.92 Å². The number of aryl methyl sites for hydroxylation is 1. The molecule has 1 aromatic heterocycles. The van der Waals surface area contributed by atoms with Gasteiger partial charge in [-0.1, -0.05) is 6.92 Å². The van der Waals surface area contributed by atoms with E-state index >= 15 is 0 Å². The van der Waals surface area contributed by atoms with Crippen LogP contribution in [0.4, 0.5) is 4.79 Å². The zero-order chi connectivity index (χ0) is 15.8. The van der Waals surface area contributed by atoms with Crippen molar-refractivity contribution >= 4 is 29.2 Å². The molecule has 116 valence electrons. The van der Waals surface area contributed by atoms with Crippen LogP contribution in [0.2, 0.25) is 0 Å². The Balaban J connectivity index is 2.34. The van der Waals surface area contributed by atoms with Crippen molar-refractivity contribution in [1.29, 1.82) is 0 Å². The smallest absolute Gasteiger partial charge is 0.347 e. The first-order valence-corrected chi connectivity index (χ1v) is 7.23. The van der Waals surface area contributed by atoms with E-state index in [9.17, 15) is 14.4 Å². The fourth-order valence-corrected chi connectivity index (χ4v) is 2.28. The van der Waals surface area contributed by atoms with Gasteiger partial charge in [0.1, 0.15) is 9.88 Å². The van der Waals surface area contributed by atoms with Gasteiger partial charge in [-0.15, -0.1) is 11.3 Å². The third-order valence-corrected chi connectivity index (χ3v) is 3.56. The van der Waals surface area contributed by atoms with Gasteiger partial charge in [-0.3, -0.25) is 4.79 Å². The van der Waals surface area contributed by atoms with Crippen LogP contribution in [0.1, 0.15) is 33.7 Å². The molecule has 1 heterocycles. The number of nitrogens with one attached hydrogen (secondary N) is 3. The Morgan fingerprint density at radius 1 is 1.24 bits per heavy atom. The third kappa shape index (κ3) is 5.78. The van der Waals surface area contributed by atoms with Crippen LogP contribution in [0.5, 0.6) is 0 Å². The van der Waals surface area contributed by atoms with E-state index in [4.69, 9.17) is 5.11 Å². The van der Waals surface area contributed by atoms with Gasteiger partial charge in [-0.25, -0.2) is 14.6 Å². The normalized spacial score (nSPS) is 10.0. The van der Waals surface area contributed by atoms with Gasteiger partial charge in [-0.05, 0) is 13.3 Å². The summed E-state index contributed by atoms with van der Waals surface area (Å²) in [5.74, 6) is -1.29. The number of aromatic nitrogens is 1. The summed E-state index contributed by atoms with van der Waals surface area (Å²) < 4.78 is 0. The average Bonchev–Trinajstić information content (AvgIpc) is 2.82. The molecule has 8 nitrogen and oxygen atoms in total.